The summed E-state index contributed by atoms with van der Waals surface area (Å²) in [5.74, 6) is -0.335. The van der Waals surface area contributed by atoms with E-state index in [-0.39, 0.29) is 73.2 Å². The lowest BCUT2D eigenvalue weighted by molar-refractivity contribution is -0.127. The van der Waals surface area contributed by atoms with Gasteiger partial charge in [-0.05, 0) is 59.7 Å². The molecule has 0 aliphatic heterocycles. The van der Waals surface area contributed by atoms with Crippen molar-refractivity contribution in [1.29, 1.82) is 0 Å². The van der Waals surface area contributed by atoms with Crippen molar-refractivity contribution in [2.75, 3.05) is 0 Å². The summed E-state index contributed by atoms with van der Waals surface area (Å²) in [6.07, 6.45) is 3.05. The zero-order chi connectivity index (χ0) is 24.9. The fraction of sp³-hybridized carbons (Fsp3) is 0.214. The van der Waals surface area contributed by atoms with Crippen LogP contribution < -0.4 is 4.74 Å². The highest BCUT2D eigenvalue weighted by Crippen LogP contribution is 2.25. The van der Waals surface area contributed by atoms with E-state index in [1.165, 1.54) is 12.2 Å². The van der Waals surface area contributed by atoms with Crippen LogP contribution in [0.2, 0.25) is 0 Å². The average molecular weight is 470 g/mol. The molecule has 0 saturated heterocycles. The van der Waals surface area contributed by atoms with Crippen molar-refractivity contribution < 1.29 is 33.5 Å². The van der Waals surface area contributed by atoms with E-state index in [2.05, 4.69) is 0 Å². The third kappa shape index (κ3) is 6.00. The molecule has 35 heavy (non-hydrogen) atoms. The third-order valence-electron chi connectivity index (χ3n) is 5.87. The van der Waals surface area contributed by atoms with E-state index in [9.17, 15) is 28.8 Å². The zero-order valence-electron chi connectivity index (χ0n) is 18.9. The lowest BCUT2D eigenvalue weighted by Crippen LogP contribution is -2.17. The summed E-state index contributed by atoms with van der Waals surface area (Å²) in [7, 11) is 0. The Bertz CT molecular complexity index is 1190. The van der Waals surface area contributed by atoms with Crippen LogP contribution in [0.1, 0.15) is 59.2 Å². The first-order chi connectivity index (χ1) is 16.8. The van der Waals surface area contributed by atoms with Crippen LogP contribution in [0.15, 0.2) is 71.8 Å². The standard InChI is InChI=1S/C28H22O7/c29-21-7-1-19(27(33)15-21)13-25(31)17-3-9-23(10-4-17)35-24-11-5-18(6-12-24)26(32)14-20-2-8-22(30)16-28(20)34/h1-6,9-12H,7-8,13-16H2. The topological polar surface area (TPSA) is 112 Å². The molecule has 0 amide bonds. The van der Waals surface area contributed by atoms with Crippen molar-refractivity contribution in [3.63, 3.8) is 0 Å². The van der Waals surface area contributed by atoms with E-state index < -0.39 is 0 Å². The quantitative estimate of drug-likeness (QED) is 0.417. The van der Waals surface area contributed by atoms with Gasteiger partial charge >= 0.3 is 0 Å². The minimum atomic E-state index is -0.298. The molecular weight excluding hydrogens is 448 g/mol. The van der Waals surface area contributed by atoms with Gasteiger partial charge in [0.2, 0.25) is 0 Å². The second-order valence-electron chi connectivity index (χ2n) is 8.49. The van der Waals surface area contributed by atoms with Crippen LogP contribution in [0, 0.1) is 0 Å². The average Bonchev–Trinajstić information content (AvgIpc) is 2.83. The van der Waals surface area contributed by atoms with Crippen LogP contribution in [0.4, 0.5) is 0 Å². The molecule has 7 nitrogen and oxygen atoms in total. The number of benzene rings is 2. The fourth-order valence-electron chi connectivity index (χ4n) is 3.88. The first kappa shape index (κ1) is 23.9. The second-order valence-corrected chi connectivity index (χ2v) is 8.49. The molecular formula is C28H22O7. The summed E-state index contributed by atoms with van der Waals surface area (Å²) in [6.45, 7) is 0. The van der Waals surface area contributed by atoms with Crippen LogP contribution in [-0.2, 0) is 19.2 Å². The summed E-state index contributed by atoms with van der Waals surface area (Å²) in [5.41, 5.74) is 1.61. The van der Waals surface area contributed by atoms with E-state index in [4.69, 9.17) is 4.74 Å². The third-order valence-corrected chi connectivity index (χ3v) is 5.87. The number of ketones is 6. The number of carbonyl (C=O) groups excluding carboxylic acids is 6. The van der Waals surface area contributed by atoms with Gasteiger partial charge < -0.3 is 4.74 Å². The van der Waals surface area contributed by atoms with Crippen LogP contribution in [0.5, 0.6) is 11.5 Å². The molecule has 0 aromatic heterocycles. The van der Waals surface area contributed by atoms with Crippen molar-refractivity contribution in [1.82, 2.24) is 0 Å². The second kappa shape index (κ2) is 10.3. The van der Waals surface area contributed by atoms with E-state index in [1.807, 2.05) is 0 Å². The minimum Gasteiger partial charge on any atom is -0.457 e. The Morgan fingerprint density at radius 1 is 0.600 bits per heavy atom. The molecule has 0 radical (unpaired) electrons. The molecule has 0 saturated carbocycles. The minimum absolute atomic E-state index is 0.0411. The van der Waals surface area contributed by atoms with Gasteiger partial charge in [-0.25, -0.2) is 0 Å². The molecule has 0 bridgehead atoms. The van der Waals surface area contributed by atoms with Gasteiger partial charge in [0.1, 0.15) is 23.1 Å². The number of ether oxygens (including phenoxy) is 1. The van der Waals surface area contributed by atoms with Gasteiger partial charge in [-0.15, -0.1) is 0 Å². The summed E-state index contributed by atoms with van der Waals surface area (Å²) in [5, 5.41) is 0. The molecule has 176 valence electrons. The van der Waals surface area contributed by atoms with Crippen molar-refractivity contribution in [2.24, 2.45) is 0 Å². The van der Waals surface area contributed by atoms with E-state index in [0.29, 0.717) is 33.8 Å². The van der Waals surface area contributed by atoms with Gasteiger partial charge in [-0.1, -0.05) is 12.2 Å². The monoisotopic (exact) mass is 470 g/mol. The van der Waals surface area contributed by atoms with E-state index >= 15 is 0 Å². The van der Waals surface area contributed by atoms with Crippen molar-refractivity contribution >= 4 is 34.7 Å². The van der Waals surface area contributed by atoms with Gasteiger partial charge in [-0.2, -0.15) is 0 Å². The van der Waals surface area contributed by atoms with E-state index in [1.54, 1.807) is 48.5 Å². The Morgan fingerprint density at radius 3 is 1.31 bits per heavy atom. The molecule has 2 aliphatic carbocycles. The summed E-state index contributed by atoms with van der Waals surface area (Å²) in [4.78, 5) is 71.4. The summed E-state index contributed by atoms with van der Waals surface area (Å²) in [6, 6.07) is 13.0. The Hall–Kier alpha value is -4.26. The van der Waals surface area contributed by atoms with Crippen LogP contribution in [-0.4, -0.2) is 34.7 Å². The van der Waals surface area contributed by atoms with Crippen molar-refractivity contribution in [2.45, 2.75) is 38.5 Å². The number of Topliss-reactive ketones (excluding diaryl/α,β-unsaturated/α-hetero) is 6. The maximum absolute atomic E-state index is 12.5. The normalized spacial score (nSPS) is 16.0. The molecule has 0 N–H and O–H groups in total. The molecule has 4 rings (SSSR count). The van der Waals surface area contributed by atoms with Crippen LogP contribution >= 0.6 is 0 Å². The fourth-order valence-corrected chi connectivity index (χ4v) is 3.88. The zero-order valence-corrected chi connectivity index (χ0v) is 18.9. The van der Waals surface area contributed by atoms with Gasteiger partial charge in [0, 0.05) is 36.8 Å². The first-order valence-electron chi connectivity index (χ1n) is 11.2. The number of rotatable bonds is 8. The molecule has 0 heterocycles. The number of allylic oxidation sites excluding steroid dienone is 4. The smallest absolute Gasteiger partial charge is 0.167 e. The van der Waals surface area contributed by atoms with E-state index in [0.717, 1.165) is 0 Å². The SMILES string of the molecule is O=C1CC=C(CC(=O)c2ccc(Oc3ccc(C(=O)CC4=CCC(=O)CC4=O)cc3)cc2)C(=O)C1. The Balaban J connectivity index is 1.34. The van der Waals surface area contributed by atoms with Gasteiger partial charge in [0.25, 0.3) is 0 Å². The summed E-state index contributed by atoms with van der Waals surface area (Å²) >= 11 is 0. The molecule has 0 spiro atoms. The van der Waals surface area contributed by atoms with Crippen LogP contribution in [0.25, 0.3) is 0 Å². The highest BCUT2D eigenvalue weighted by Gasteiger charge is 2.23. The molecule has 0 fully saturated rings. The molecule has 0 atom stereocenters. The maximum atomic E-state index is 12.5. The lowest BCUT2D eigenvalue weighted by atomic mass is 9.92. The largest absolute Gasteiger partial charge is 0.457 e. The molecule has 0 unspecified atom stereocenters. The highest BCUT2D eigenvalue weighted by atomic mass is 16.5. The lowest BCUT2D eigenvalue weighted by Gasteiger charge is -2.11. The molecule has 2 aromatic carbocycles. The van der Waals surface area contributed by atoms with Crippen LogP contribution in [0.3, 0.4) is 0 Å². The highest BCUT2D eigenvalue weighted by molar-refractivity contribution is 6.15. The van der Waals surface area contributed by atoms with Crippen molar-refractivity contribution in [3.05, 3.63) is 83.0 Å². The Labute approximate surface area is 201 Å². The van der Waals surface area contributed by atoms with Gasteiger partial charge in [-0.3, -0.25) is 28.8 Å². The van der Waals surface area contributed by atoms with Gasteiger partial charge in [0.05, 0.1) is 12.8 Å². The Morgan fingerprint density at radius 2 is 0.971 bits per heavy atom. The van der Waals surface area contributed by atoms with Gasteiger partial charge in [0.15, 0.2) is 23.1 Å². The predicted molar refractivity (Wildman–Crippen MR) is 126 cm³/mol. The Kier molecular flexibility index (Phi) is 7.06. The van der Waals surface area contributed by atoms with Crippen molar-refractivity contribution in [3.8, 4) is 11.5 Å². The molecule has 7 heteroatoms. The molecule has 2 aliphatic rings. The first-order valence-corrected chi connectivity index (χ1v) is 11.2. The number of hydrogen-bond acceptors (Lipinski definition) is 7. The predicted octanol–water partition coefficient (Wildman–Crippen LogP) is 4.34. The maximum Gasteiger partial charge on any atom is 0.167 e. The molecule has 2 aromatic rings. The number of hydrogen-bond donors (Lipinski definition) is 0. The summed E-state index contributed by atoms with van der Waals surface area (Å²) < 4.78 is 5.78. The number of carbonyl (C=O) groups is 6.